The van der Waals surface area contributed by atoms with Gasteiger partial charge in [0.1, 0.15) is 6.10 Å². The Bertz CT molecular complexity index is 1070. The number of carbonyl (C=O) groups is 2. The van der Waals surface area contributed by atoms with Crippen LogP contribution in [0.1, 0.15) is 271 Å². The van der Waals surface area contributed by atoms with Crippen molar-refractivity contribution in [3.8, 4) is 0 Å². The molecule has 0 aliphatic rings. The van der Waals surface area contributed by atoms with Gasteiger partial charge >= 0.3 is 5.97 Å². The molecule has 0 saturated heterocycles. The van der Waals surface area contributed by atoms with Gasteiger partial charge in [-0.2, -0.15) is 0 Å². The molecule has 0 fully saturated rings. The van der Waals surface area contributed by atoms with E-state index < -0.39 is 18.2 Å². The lowest BCUT2D eigenvalue weighted by molar-refractivity contribution is -0.151. The van der Waals surface area contributed by atoms with Crippen LogP contribution in [0.25, 0.3) is 0 Å². The SMILES string of the molecule is CC/C=C/C=C/C=C\CCCCCC(CC(=O)NC(CO)C(O)CCCCCCCCCCCCCCC)OC(=O)CCCCCCCCCCC/C=C/CCCCCCCC. The van der Waals surface area contributed by atoms with Crippen LogP contribution < -0.4 is 5.32 Å². The van der Waals surface area contributed by atoms with E-state index in [0.29, 0.717) is 19.3 Å². The van der Waals surface area contributed by atoms with Crippen molar-refractivity contribution in [3.63, 3.8) is 0 Å². The van der Waals surface area contributed by atoms with Crippen LogP contribution in [0.2, 0.25) is 0 Å². The first-order chi connectivity index (χ1) is 30.5. The van der Waals surface area contributed by atoms with E-state index in [2.05, 4.69) is 68.6 Å². The number of esters is 1. The average Bonchev–Trinajstić information content (AvgIpc) is 3.26. The summed E-state index contributed by atoms with van der Waals surface area (Å²) in [6.45, 7) is 6.35. The molecule has 0 aromatic rings. The molecule has 0 aliphatic heterocycles. The van der Waals surface area contributed by atoms with Crippen molar-refractivity contribution in [3.05, 3.63) is 48.6 Å². The summed E-state index contributed by atoms with van der Waals surface area (Å²) in [5.74, 6) is -0.505. The van der Waals surface area contributed by atoms with Crippen LogP contribution in [0, 0.1) is 0 Å². The van der Waals surface area contributed by atoms with Crippen molar-refractivity contribution in [2.24, 2.45) is 0 Å². The van der Waals surface area contributed by atoms with Crippen LogP contribution in [-0.2, 0) is 14.3 Å². The molecule has 0 aromatic carbocycles. The number of hydrogen-bond acceptors (Lipinski definition) is 5. The number of hydrogen-bond donors (Lipinski definition) is 3. The van der Waals surface area contributed by atoms with Gasteiger partial charge in [-0.3, -0.25) is 9.59 Å². The molecule has 6 heteroatoms. The molecule has 3 unspecified atom stereocenters. The van der Waals surface area contributed by atoms with E-state index in [1.807, 2.05) is 6.08 Å². The first-order valence-electron chi connectivity index (χ1n) is 26.9. The fraction of sp³-hybridized carbons (Fsp3) is 0.821. The molecule has 0 bridgehead atoms. The Hall–Kier alpha value is -2.18. The molecule has 1 amide bonds. The second-order valence-corrected chi connectivity index (χ2v) is 18.3. The number of rotatable bonds is 48. The zero-order chi connectivity index (χ0) is 45.2. The fourth-order valence-corrected chi connectivity index (χ4v) is 8.13. The van der Waals surface area contributed by atoms with Gasteiger partial charge in [-0.1, -0.05) is 236 Å². The molecule has 0 rings (SSSR count). The first kappa shape index (κ1) is 59.8. The summed E-state index contributed by atoms with van der Waals surface area (Å²) < 4.78 is 5.92. The predicted molar refractivity (Wildman–Crippen MR) is 269 cm³/mol. The molecule has 0 saturated carbocycles. The molecule has 362 valence electrons. The third-order valence-corrected chi connectivity index (χ3v) is 12.2. The molecule has 3 atom stereocenters. The molecule has 0 radical (unpaired) electrons. The quantitative estimate of drug-likeness (QED) is 0.0245. The number of ether oxygens (including phenoxy) is 1. The van der Waals surface area contributed by atoms with E-state index in [4.69, 9.17) is 4.74 Å². The van der Waals surface area contributed by atoms with E-state index in [-0.39, 0.29) is 24.9 Å². The third kappa shape index (κ3) is 44.4. The highest BCUT2D eigenvalue weighted by Crippen LogP contribution is 2.18. The van der Waals surface area contributed by atoms with Crippen molar-refractivity contribution >= 4 is 11.9 Å². The highest BCUT2D eigenvalue weighted by atomic mass is 16.5. The summed E-state index contributed by atoms with van der Waals surface area (Å²) >= 11 is 0. The largest absolute Gasteiger partial charge is 0.462 e. The lowest BCUT2D eigenvalue weighted by Gasteiger charge is -2.24. The topological polar surface area (TPSA) is 95.9 Å². The van der Waals surface area contributed by atoms with Gasteiger partial charge in [0.15, 0.2) is 0 Å². The van der Waals surface area contributed by atoms with E-state index in [1.54, 1.807) is 0 Å². The maximum atomic E-state index is 13.2. The fourth-order valence-electron chi connectivity index (χ4n) is 8.13. The maximum absolute atomic E-state index is 13.2. The summed E-state index contributed by atoms with van der Waals surface area (Å²) in [7, 11) is 0. The lowest BCUT2D eigenvalue weighted by atomic mass is 10.0. The van der Waals surface area contributed by atoms with Crippen molar-refractivity contribution in [1.29, 1.82) is 0 Å². The number of allylic oxidation sites excluding steroid dienone is 8. The monoisotopic (exact) mass is 870 g/mol. The van der Waals surface area contributed by atoms with Crippen molar-refractivity contribution in [2.45, 2.75) is 289 Å². The predicted octanol–water partition coefficient (Wildman–Crippen LogP) is 16.2. The van der Waals surface area contributed by atoms with Gasteiger partial charge in [0, 0.05) is 6.42 Å². The number of carbonyl (C=O) groups excluding carboxylic acids is 2. The van der Waals surface area contributed by atoms with Gasteiger partial charge in [-0.05, 0) is 70.6 Å². The number of unbranched alkanes of at least 4 members (excludes halogenated alkanes) is 30. The van der Waals surface area contributed by atoms with Gasteiger partial charge in [0.05, 0.1) is 25.2 Å². The Morgan fingerprint density at radius 3 is 1.37 bits per heavy atom. The molecule has 3 N–H and O–H groups in total. The highest BCUT2D eigenvalue weighted by molar-refractivity contribution is 5.77. The Morgan fingerprint density at radius 1 is 0.484 bits per heavy atom. The zero-order valence-corrected chi connectivity index (χ0v) is 41.3. The zero-order valence-electron chi connectivity index (χ0n) is 41.3. The minimum absolute atomic E-state index is 0.0547. The molecular weight excluding hydrogens is 767 g/mol. The van der Waals surface area contributed by atoms with Gasteiger partial charge in [-0.15, -0.1) is 0 Å². The Labute approximate surface area is 385 Å². The molecule has 0 aliphatic carbocycles. The van der Waals surface area contributed by atoms with E-state index in [0.717, 1.165) is 70.6 Å². The summed E-state index contributed by atoms with van der Waals surface area (Å²) in [5, 5.41) is 23.8. The summed E-state index contributed by atoms with van der Waals surface area (Å²) in [6, 6.07) is -0.712. The standard InChI is InChI=1S/C56H103NO5/c1-4-7-10-13-16-19-22-24-25-26-27-28-29-31-34-37-40-43-46-49-56(61)62-52(47-44-41-38-35-32-21-18-15-12-9-6-3)50-55(60)57-53(51-58)54(59)48-45-42-39-36-33-30-23-20-17-14-11-8-5-2/h9,12,15,18,21,24-25,32,52-54,58-59H,4-8,10-11,13-14,16-17,19-20,22-23,26-31,33-51H2,1-3H3,(H,57,60)/b12-9+,18-15+,25-24+,32-21-. The Kier molecular flexibility index (Phi) is 48.1. The van der Waals surface area contributed by atoms with Crippen LogP contribution >= 0.6 is 0 Å². The Morgan fingerprint density at radius 2 is 0.887 bits per heavy atom. The average molecular weight is 870 g/mol. The lowest BCUT2D eigenvalue weighted by Crippen LogP contribution is -2.46. The third-order valence-electron chi connectivity index (χ3n) is 12.2. The molecule has 0 spiro atoms. The van der Waals surface area contributed by atoms with Gasteiger partial charge in [-0.25, -0.2) is 0 Å². The normalized spacial score (nSPS) is 13.6. The van der Waals surface area contributed by atoms with Crippen molar-refractivity contribution in [2.75, 3.05) is 6.61 Å². The van der Waals surface area contributed by atoms with Gasteiger partial charge in [0.2, 0.25) is 5.91 Å². The smallest absolute Gasteiger partial charge is 0.306 e. The van der Waals surface area contributed by atoms with Crippen molar-refractivity contribution in [1.82, 2.24) is 5.32 Å². The number of aliphatic hydroxyl groups excluding tert-OH is 2. The van der Waals surface area contributed by atoms with Crippen LogP contribution in [0.4, 0.5) is 0 Å². The second-order valence-electron chi connectivity index (χ2n) is 18.3. The van der Waals surface area contributed by atoms with Crippen LogP contribution in [0.3, 0.4) is 0 Å². The van der Waals surface area contributed by atoms with E-state index in [9.17, 15) is 19.8 Å². The van der Waals surface area contributed by atoms with E-state index in [1.165, 1.54) is 154 Å². The van der Waals surface area contributed by atoms with Gasteiger partial charge < -0.3 is 20.3 Å². The molecule has 0 heterocycles. The molecular formula is C56H103NO5. The summed E-state index contributed by atoms with van der Waals surface area (Å²) in [6.07, 6.45) is 60.4. The Balaban J connectivity index is 4.49. The number of aliphatic hydroxyl groups is 2. The maximum Gasteiger partial charge on any atom is 0.306 e. The second kappa shape index (κ2) is 49.8. The van der Waals surface area contributed by atoms with E-state index >= 15 is 0 Å². The molecule has 6 nitrogen and oxygen atoms in total. The van der Waals surface area contributed by atoms with Crippen LogP contribution in [-0.4, -0.2) is 46.9 Å². The number of amides is 1. The molecule has 62 heavy (non-hydrogen) atoms. The first-order valence-corrected chi connectivity index (χ1v) is 26.9. The highest BCUT2D eigenvalue weighted by Gasteiger charge is 2.24. The van der Waals surface area contributed by atoms with Crippen LogP contribution in [0.15, 0.2) is 48.6 Å². The number of nitrogens with one attached hydrogen (secondary N) is 1. The van der Waals surface area contributed by atoms with Gasteiger partial charge in [0.25, 0.3) is 0 Å². The summed E-state index contributed by atoms with van der Waals surface area (Å²) in [4.78, 5) is 26.1. The summed E-state index contributed by atoms with van der Waals surface area (Å²) in [5.41, 5.74) is 0. The molecule has 0 aromatic heterocycles. The minimum Gasteiger partial charge on any atom is -0.462 e. The van der Waals surface area contributed by atoms with Crippen LogP contribution in [0.5, 0.6) is 0 Å². The van der Waals surface area contributed by atoms with Crippen molar-refractivity contribution < 1.29 is 24.5 Å². The minimum atomic E-state index is -0.796.